The SMILES string of the molecule is C=C(C)C(=O)OCCc1ccccc1C. The highest BCUT2D eigenvalue weighted by molar-refractivity contribution is 5.86. The van der Waals surface area contributed by atoms with Gasteiger partial charge in [-0.25, -0.2) is 4.79 Å². The normalized spacial score (nSPS) is 9.73. The standard InChI is InChI=1S/C13H16O2/c1-10(2)13(14)15-9-8-12-7-5-4-6-11(12)3/h4-7H,1,8-9H2,2-3H3. The number of hydrogen-bond donors (Lipinski definition) is 0. The molecular formula is C13H16O2. The van der Waals surface area contributed by atoms with Crippen molar-refractivity contribution in [1.29, 1.82) is 0 Å². The van der Waals surface area contributed by atoms with Gasteiger partial charge in [-0.1, -0.05) is 30.8 Å². The van der Waals surface area contributed by atoms with Crippen LogP contribution in [0.3, 0.4) is 0 Å². The molecule has 2 heteroatoms. The van der Waals surface area contributed by atoms with E-state index in [1.165, 1.54) is 11.1 Å². The maximum atomic E-state index is 11.1. The molecule has 0 unspecified atom stereocenters. The van der Waals surface area contributed by atoms with E-state index in [1.54, 1.807) is 6.92 Å². The second-order valence-electron chi connectivity index (χ2n) is 3.59. The molecule has 0 bridgehead atoms. The second-order valence-corrected chi connectivity index (χ2v) is 3.59. The Balaban J connectivity index is 2.42. The van der Waals surface area contributed by atoms with Crippen LogP contribution in [0.4, 0.5) is 0 Å². The smallest absolute Gasteiger partial charge is 0.333 e. The molecule has 0 aliphatic heterocycles. The summed E-state index contributed by atoms with van der Waals surface area (Å²) in [6.45, 7) is 7.64. The van der Waals surface area contributed by atoms with Crippen LogP contribution < -0.4 is 0 Å². The molecule has 1 aromatic carbocycles. The summed E-state index contributed by atoms with van der Waals surface area (Å²) in [7, 11) is 0. The van der Waals surface area contributed by atoms with E-state index < -0.39 is 0 Å². The molecule has 0 saturated carbocycles. The van der Waals surface area contributed by atoms with Gasteiger partial charge in [-0.2, -0.15) is 0 Å². The highest BCUT2D eigenvalue weighted by Gasteiger charge is 2.03. The molecule has 0 aromatic heterocycles. The molecule has 0 heterocycles. The Labute approximate surface area is 90.6 Å². The summed E-state index contributed by atoms with van der Waals surface area (Å²) in [4.78, 5) is 11.1. The quantitative estimate of drug-likeness (QED) is 0.556. The van der Waals surface area contributed by atoms with Crippen molar-refractivity contribution in [2.45, 2.75) is 20.3 Å². The Morgan fingerprint density at radius 3 is 2.67 bits per heavy atom. The van der Waals surface area contributed by atoms with Crippen LogP contribution in [0.25, 0.3) is 0 Å². The van der Waals surface area contributed by atoms with E-state index in [9.17, 15) is 4.79 Å². The maximum Gasteiger partial charge on any atom is 0.333 e. The van der Waals surface area contributed by atoms with E-state index in [4.69, 9.17) is 4.74 Å². The van der Waals surface area contributed by atoms with Crippen molar-refractivity contribution in [2.75, 3.05) is 6.61 Å². The molecule has 1 rings (SSSR count). The molecule has 2 nitrogen and oxygen atoms in total. The van der Waals surface area contributed by atoms with Gasteiger partial charge in [0.1, 0.15) is 0 Å². The van der Waals surface area contributed by atoms with E-state index in [1.807, 2.05) is 18.2 Å². The third kappa shape index (κ3) is 3.58. The Hall–Kier alpha value is -1.57. The lowest BCUT2D eigenvalue weighted by molar-refractivity contribution is -0.138. The first-order chi connectivity index (χ1) is 7.11. The van der Waals surface area contributed by atoms with E-state index in [0.717, 1.165) is 6.42 Å². The van der Waals surface area contributed by atoms with Crippen LogP contribution in [0.15, 0.2) is 36.4 Å². The van der Waals surface area contributed by atoms with Crippen LogP contribution in [-0.4, -0.2) is 12.6 Å². The van der Waals surface area contributed by atoms with Gasteiger partial charge in [-0.3, -0.25) is 0 Å². The molecule has 0 fully saturated rings. The average Bonchev–Trinajstić information content (AvgIpc) is 2.20. The third-order valence-electron chi connectivity index (χ3n) is 2.21. The lowest BCUT2D eigenvalue weighted by atomic mass is 10.1. The van der Waals surface area contributed by atoms with Gasteiger partial charge in [0.25, 0.3) is 0 Å². The highest BCUT2D eigenvalue weighted by atomic mass is 16.5. The number of carbonyl (C=O) groups is 1. The summed E-state index contributed by atoms with van der Waals surface area (Å²) in [5.41, 5.74) is 2.88. The van der Waals surface area contributed by atoms with Gasteiger partial charge in [0.15, 0.2) is 0 Å². The van der Waals surface area contributed by atoms with Crippen LogP contribution in [0, 0.1) is 6.92 Å². The van der Waals surface area contributed by atoms with E-state index >= 15 is 0 Å². The summed E-state index contributed by atoms with van der Waals surface area (Å²) < 4.78 is 5.02. The van der Waals surface area contributed by atoms with Crippen LogP contribution in [0.5, 0.6) is 0 Å². The van der Waals surface area contributed by atoms with Crippen molar-refractivity contribution >= 4 is 5.97 Å². The fraction of sp³-hybridized carbons (Fsp3) is 0.308. The van der Waals surface area contributed by atoms with Gasteiger partial charge in [-0.15, -0.1) is 0 Å². The van der Waals surface area contributed by atoms with E-state index in [0.29, 0.717) is 12.2 Å². The van der Waals surface area contributed by atoms with Gasteiger partial charge in [-0.05, 0) is 25.0 Å². The van der Waals surface area contributed by atoms with Crippen molar-refractivity contribution < 1.29 is 9.53 Å². The number of ether oxygens (including phenoxy) is 1. The number of esters is 1. The summed E-state index contributed by atoms with van der Waals surface area (Å²) in [5, 5.41) is 0. The van der Waals surface area contributed by atoms with Crippen molar-refractivity contribution in [3.05, 3.63) is 47.5 Å². The third-order valence-corrected chi connectivity index (χ3v) is 2.21. The van der Waals surface area contributed by atoms with Gasteiger partial charge >= 0.3 is 5.97 Å². The van der Waals surface area contributed by atoms with Crippen molar-refractivity contribution in [1.82, 2.24) is 0 Å². The van der Waals surface area contributed by atoms with Gasteiger partial charge in [0.05, 0.1) is 6.61 Å². The Morgan fingerprint density at radius 2 is 2.07 bits per heavy atom. The second kappa shape index (κ2) is 5.35. The predicted molar refractivity (Wildman–Crippen MR) is 60.7 cm³/mol. The summed E-state index contributed by atoms with van der Waals surface area (Å²) in [5.74, 6) is -0.316. The summed E-state index contributed by atoms with van der Waals surface area (Å²) >= 11 is 0. The molecule has 0 spiro atoms. The number of hydrogen-bond acceptors (Lipinski definition) is 2. The Kier molecular flexibility index (Phi) is 4.10. The number of carbonyl (C=O) groups excluding carboxylic acids is 1. The Bertz CT molecular complexity index is 367. The summed E-state index contributed by atoms with van der Waals surface area (Å²) in [6.07, 6.45) is 0.756. The Morgan fingerprint density at radius 1 is 1.40 bits per heavy atom. The molecule has 0 saturated heterocycles. The van der Waals surface area contributed by atoms with Crippen molar-refractivity contribution in [2.24, 2.45) is 0 Å². The molecule has 1 aromatic rings. The molecule has 80 valence electrons. The molecule has 0 amide bonds. The topological polar surface area (TPSA) is 26.3 Å². The minimum absolute atomic E-state index is 0.316. The van der Waals surface area contributed by atoms with Crippen LogP contribution >= 0.6 is 0 Å². The predicted octanol–water partition coefficient (Wildman–Crippen LogP) is 2.66. The zero-order chi connectivity index (χ0) is 11.3. The van der Waals surface area contributed by atoms with Crippen LogP contribution in [0.1, 0.15) is 18.1 Å². The van der Waals surface area contributed by atoms with Crippen molar-refractivity contribution in [3.63, 3.8) is 0 Å². The molecular weight excluding hydrogens is 188 g/mol. The first-order valence-electron chi connectivity index (χ1n) is 4.98. The first kappa shape index (κ1) is 11.5. The monoisotopic (exact) mass is 204 g/mol. The molecule has 0 N–H and O–H groups in total. The lowest BCUT2D eigenvalue weighted by Crippen LogP contribution is -2.08. The number of benzene rings is 1. The van der Waals surface area contributed by atoms with Crippen LogP contribution in [-0.2, 0) is 16.0 Å². The number of rotatable bonds is 4. The maximum absolute atomic E-state index is 11.1. The molecule has 0 aliphatic carbocycles. The summed E-state index contributed by atoms with van der Waals surface area (Å²) in [6, 6.07) is 8.08. The van der Waals surface area contributed by atoms with E-state index in [2.05, 4.69) is 19.6 Å². The zero-order valence-corrected chi connectivity index (χ0v) is 9.25. The largest absolute Gasteiger partial charge is 0.462 e. The zero-order valence-electron chi connectivity index (χ0n) is 9.25. The highest BCUT2D eigenvalue weighted by Crippen LogP contribution is 2.07. The van der Waals surface area contributed by atoms with Crippen molar-refractivity contribution in [3.8, 4) is 0 Å². The lowest BCUT2D eigenvalue weighted by Gasteiger charge is -2.06. The molecule has 15 heavy (non-hydrogen) atoms. The fourth-order valence-corrected chi connectivity index (χ4v) is 1.27. The first-order valence-corrected chi connectivity index (χ1v) is 4.98. The molecule has 0 aliphatic rings. The molecule has 0 atom stereocenters. The van der Waals surface area contributed by atoms with Crippen LogP contribution in [0.2, 0.25) is 0 Å². The van der Waals surface area contributed by atoms with Gasteiger partial charge in [0, 0.05) is 12.0 Å². The number of aryl methyl sites for hydroxylation is 1. The molecule has 0 radical (unpaired) electrons. The van der Waals surface area contributed by atoms with Gasteiger partial charge < -0.3 is 4.74 Å². The minimum Gasteiger partial charge on any atom is -0.462 e. The minimum atomic E-state index is -0.316. The fourth-order valence-electron chi connectivity index (χ4n) is 1.27. The van der Waals surface area contributed by atoms with E-state index in [-0.39, 0.29) is 5.97 Å². The average molecular weight is 204 g/mol. The van der Waals surface area contributed by atoms with Gasteiger partial charge in [0.2, 0.25) is 0 Å².